The summed E-state index contributed by atoms with van der Waals surface area (Å²) >= 11 is 0. The van der Waals surface area contributed by atoms with Crippen molar-refractivity contribution in [1.29, 1.82) is 0 Å². The molecule has 2 aliphatic heterocycles. The van der Waals surface area contributed by atoms with E-state index in [0.29, 0.717) is 25.7 Å². The highest BCUT2D eigenvalue weighted by atomic mass is 16.5. The van der Waals surface area contributed by atoms with E-state index in [2.05, 4.69) is 4.90 Å². The molecule has 0 bridgehead atoms. The van der Waals surface area contributed by atoms with E-state index >= 15 is 0 Å². The minimum absolute atomic E-state index is 0.121. The van der Waals surface area contributed by atoms with E-state index in [1.54, 1.807) is 0 Å². The van der Waals surface area contributed by atoms with Crippen molar-refractivity contribution in [2.24, 2.45) is 11.3 Å². The van der Waals surface area contributed by atoms with Crippen molar-refractivity contribution in [3.05, 3.63) is 11.3 Å². The predicted molar refractivity (Wildman–Crippen MR) is 94.2 cm³/mol. The van der Waals surface area contributed by atoms with Crippen LogP contribution in [0.3, 0.4) is 0 Å². The third-order valence-electron chi connectivity index (χ3n) is 5.94. The number of fused-ring (bicyclic) bond motifs is 2. The van der Waals surface area contributed by atoms with E-state index in [1.807, 2.05) is 19.0 Å². The number of carboxylic acid groups (broad SMARTS) is 1. The summed E-state index contributed by atoms with van der Waals surface area (Å²) in [6.45, 7) is 2.17. The Kier molecular flexibility index (Phi) is 4.06. The molecule has 2 atom stereocenters. The molecule has 25 heavy (non-hydrogen) atoms. The lowest BCUT2D eigenvalue weighted by atomic mass is 9.76. The van der Waals surface area contributed by atoms with E-state index in [4.69, 9.17) is 14.7 Å². The van der Waals surface area contributed by atoms with Crippen molar-refractivity contribution in [2.75, 3.05) is 50.2 Å². The van der Waals surface area contributed by atoms with Gasteiger partial charge in [-0.15, -0.1) is 0 Å². The SMILES string of the molecule is CN(C)c1nc2c(c(N3C[C@@H]4CCOC[C@]4(C(=O)O)C3)n1)CCCC2. The monoisotopic (exact) mass is 346 g/mol. The Labute approximate surface area is 148 Å². The predicted octanol–water partition coefficient (Wildman–Crippen LogP) is 1.35. The lowest BCUT2D eigenvalue weighted by Crippen LogP contribution is -2.46. The molecule has 1 aromatic heterocycles. The molecule has 0 unspecified atom stereocenters. The summed E-state index contributed by atoms with van der Waals surface area (Å²) in [7, 11) is 3.90. The summed E-state index contributed by atoms with van der Waals surface area (Å²) in [5.41, 5.74) is 1.55. The van der Waals surface area contributed by atoms with Gasteiger partial charge in [0.15, 0.2) is 0 Å². The highest BCUT2D eigenvalue weighted by Crippen LogP contribution is 2.44. The molecular weight excluding hydrogens is 320 g/mol. The van der Waals surface area contributed by atoms with Crippen LogP contribution in [0.15, 0.2) is 0 Å². The van der Waals surface area contributed by atoms with Crippen molar-refractivity contribution >= 4 is 17.7 Å². The first-order valence-electron chi connectivity index (χ1n) is 9.14. The number of aryl methyl sites for hydroxylation is 1. The number of hydrogen-bond acceptors (Lipinski definition) is 6. The number of aromatic nitrogens is 2. The molecule has 1 aromatic rings. The smallest absolute Gasteiger partial charge is 0.314 e. The van der Waals surface area contributed by atoms with Gasteiger partial charge in [0, 0.05) is 39.4 Å². The summed E-state index contributed by atoms with van der Waals surface area (Å²) in [6, 6.07) is 0. The number of hydrogen-bond donors (Lipinski definition) is 1. The topological polar surface area (TPSA) is 78.8 Å². The molecule has 0 spiro atoms. The Morgan fingerprint density at radius 3 is 2.84 bits per heavy atom. The van der Waals surface area contributed by atoms with Gasteiger partial charge in [-0.3, -0.25) is 4.79 Å². The molecular formula is C18H26N4O3. The van der Waals surface area contributed by atoms with Gasteiger partial charge in [-0.2, -0.15) is 4.98 Å². The number of carbonyl (C=O) groups is 1. The summed E-state index contributed by atoms with van der Waals surface area (Å²) in [6.07, 6.45) is 5.07. The lowest BCUT2D eigenvalue weighted by molar-refractivity contribution is -0.159. The summed E-state index contributed by atoms with van der Waals surface area (Å²) < 4.78 is 5.56. The number of carboxylic acids is 1. The van der Waals surface area contributed by atoms with Crippen molar-refractivity contribution in [3.63, 3.8) is 0 Å². The zero-order chi connectivity index (χ0) is 17.6. The van der Waals surface area contributed by atoms with Crippen LogP contribution < -0.4 is 9.80 Å². The Bertz CT molecular complexity index is 693. The standard InChI is InChI=1S/C18H26N4O3/c1-21(2)17-19-14-6-4-3-5-13(14)15(20-17)22-9-12-7-8-25-11-18(12,10-22)16(23)24/h12H,3-11H2,1-2H3,(H,23,24)/t12-,18+/m0/s1. The molecule has 4 rings (SSSR count). The third kappa shape index (κ3) is 2.65. The van der Waals surface area contributed by atoms with Crippen LogP contribution in [0.4, 0.5) is 11.8 Å². The van der Waals surface area contributed by atoms with Gasteiger partial charge in [-0.1, -0.05) is 0 Å². The summed E-state index contributed by atoms with van der Waals surface area (Å²) in [4.78, 5) is 25.7. The second kappa shape index (κ2) is 6.12. The van der Waals surface area contributed by atoms with Crippen LogP contribution in [0.1, 0.15) is 30.5 Å². The van der Waals surface area contributed by atoms with Crippen LogP contribution in [-0.4, -0.2) is 61.4 Å². The van der Waals surface area contributed by atoms with Gasteiger partial charge >= 0.3 is 5.97 Å². The fraction of sp³-hybridized carbons (Fsp3) is 0.722. The van der Waals surface area contributed by atoms with E-state index in [1.165, 1.54) is 5.56 Å². The van der Waals surface area contributed by atoms with Gasteiger partial charge < -0.3 is 19.6 Å². The summed E-state index contributed by atoms with van der Waals surface area (Å²) in [5, 5.41) is 9.90. The van der Waals surface area contributed by atoms with E-state index in [-0.39, 0.29) is 5.92 Å². The van der Waals surface area contributed by atoms with Crippen LogP contribution in [-0.2, 0) is 22.4 Å². The number of ether oxygens (including phenoxy) is 1. The highest BCUT2D eigenvalue weighted by Gasteiger charge is 2.54. The molecule has 2 fully saturated rings. The van der Waals surface area contributed by atoms with Crippen molar-refractivity contribution in [3.8, 4) is 0 Å². The van der Waals surface area contributed by atoms with Gasteiger partial charge in [-0.05, 0) is 38.0 Å². The summed E-state index contributed by atoms with van der Waals surface area (Å²) in [5.74, 6) is 1.04. The van der Waals surface area contributed by atoms with Crippen LogP contribution in [0.25, 0.3) is 0 Å². The molecule has 1 N–H and O–H groups in total. The van der Waals surface area contributed by atoms with Gasteiger partial charge in [0.25, 0.3) is 0 Å². The Balaban J connectivity index is 1.74. The van der Waals surface area contributed by atoms with Gasteiger partial charge in [0.1, 0.15) is 11.2 Å². The van der Waals surface area contributed by atoms with Crippen LogP contribution in [0.5, 0.6) is 0 Å². The maximum Gasteiger partial charge on any atom is 0.314 e. The maximum absolute atomic E-state index is 12.1. The molecule has 3 aliphatic rings. The first-order valence-corrected chi connectivity index (χ1v) is 9.14. The van der Waals surface area contributed by atoms with Crippen molar-refractivity contribution in [1.82, 2.24) is 9.97 Å². The zero-order valence-corrected chi connectivity index (χ0v) is 15.0. The van der Waals surface area contributed by atoms with Gasteiger partial charge in [0.2, 0.25) is 5.95 Å². The van der Waals surface area contributed by atoms with Crippen LogP contribution in [0.2, 0.25) is 0 Å². The largest absolute Gasteiger partial charge is 0.481 e. The Morgan fingerprint density at radius 2 is 2.12 bits per heavy atom. The molecule has 0 radical (unpaired) electrons. The average molecular weight is 346 g/mol. The Morgan fingerprint density at radius 1 is 1.32 bits per heavy atom. The minimum atomic E-state index is -0.803. The molecule has 7 nitrogen and oxygen atoms in total. The second-order valence-electron chi connectivity index (χ2n) is 7.75. The number of aliphatic carboxylic acids is 1. The Hall–Kier alpha value is -1.89. The van der Waals surface area contributed by atoms with E-state index in [9.17, 15) is 9.90 Å². The molecule has 3 heterocycles. The van der Waals surface area contributed by atoms with Crippen LogP contribution in [0, 0.1) is 11.3 Å². The number of nitrogens with zero attached hydrogens (tertiary/aromatic N) is 4. The average Bonchev–Trinajstić information content (AvgIpc) is 3.01. The highest BCUT2D eigenvalue weighted by molar-refractivity contribution is 5.78. The molecule has 0 saturated carbocycles. The molecule has 7 heteroatoms. The first-order chi connectivity index (χ1) is 12.0. The fourth-order valence-corrected chi connectivity index (χ4v) is 4.47. The maximum atomic E-state index is 12.1. The molecule has 0 amide bonds. The van der Waals surface area contributed by atoms with Gasteiger partial charge in [0.05, 0.1) is 12.3 Å². The number of rotatable bonds is 3. The first kappa shape index (κ1) is 16.6. The molecule has 136 valence electrons. The van der Waals surface area contributed by atoms with Crippen molar-refractivity contribution < 1.29 is 14.6 Å². The second-order valence-corrected chi connectivity index (χ2v) is 7.75. The zero-order valence-electron chi connectivity index (χ0n) is 15.0. The third-order valence-corrected chi connectivity index (χ3v) is 5.94. The van der Waals surface area contributed by atoms with Crippen LogP contribution >= 0.6 is 0 Å². The molecule has 1 aliphatic carbocycles. The van der Waals surface area contributed by atoms with E-state index < -0.39 is 11.4 Å². The lowest BCUT2D eigenvalue weighted by Gasteiger charge is -2.33. The van der Waals surface area contributed by atoms with Crippen molar-refractivity contribution in [2.45, 2.75) is 32.1 Å². The molecule has 0 aromatic carbocycles. The quantitative estimate of drug-likeness (QED) is 0.885. The van der Waals surface area contributed by atoms with Gasteiger partial charge in [-0.25, -0.2) is 4.98 Å². The van der Waals surface area contributed by atoms with E-state index in [0.717, 1.165) is 50.2 Å². The normalized spacial score (nSPS) is 28.4. The fourth-order valence-electron chi connectivity index (χ4n) is 4.47. The minimum Gasteiger partial charge on any atom is -0.481 e. The number of anilines is 2. The molecule has 2 saturated heterocycles.